The summed E-state index contributed by atoms with van der Waals surface area (Å²) in [5.74, 6) is 0.172. The minimum atomic E-state index is 0.0780. The molecule has 0 atom stereocenters. The first kappa shape index (κ1) is 12.5. The van der Waals surface area contributed by atoms with Gasteiger partial charge in [-0.3, -0.25) is 4.79 Å². The molecule has 1 rings (SSSR count). The van der Waals surface area contributed by atoms with Crippen LogP contribution < -0.4 is 11.1 Å². The van der Waals surface area contributed by atoms with Crippen molar-refractivity contribution in [1.82, 2.24) is 5.32 Å². The highest BCUT2D eigenvalue weighted by Crippen LogP contribution is 2.47. The predicted molar refractivity (Wildman–Crippen MR) is 62.4 cm³/mol. The van der Waals surface area contributed by atoms with Crippen molar-refractivity contribution in [3.05, 3.63) is 0 Å². The molecule has 1 fully saturated rings. The van der Waals surface area contributed by atoms with Gasteiger partial charge in [0.25, 0.3) is 0 Å². The van der Waals surface area contributed by atoms with Gasteiger partial charge >= 0.3 is 0 Å². The number of nitrogens with two attached hydrogens (primary N) is 1. The van der Waals surface area contributed by atoms with Gasteiger partial charge < -0.3 is 11.1 Å². The van der Waals surface area contributed by atoms with E-state index in [1.807, 2.05) is 0 Å². The number of carbonyl (C=O) groups excluding carboxylic acids is 1. The lowest BCUT2D eigenvalue weighted by Gasteiger charge is -2.19. The summed E-state index contributed by atoms with van der Waals surface area (Å²) in [5, 5.41) is 3.03. The number of hydrogen-bond acceptors (Lipinski definition) is 2. The van der Waals surface area contributed by atoms with E-state index in [9.17, 15) is 4.79 Å². The van der Waals surface area contributed by atoms with Crippen molar-refractivity contribution < 1.29 is 4.79 Å². The fourth-order valence-electron chi connectivity index (χ4n) is 1.83. The van der Waals surface area contributed by atoms with Crippen molar-refractivity contribution in [2.75, 3.05) is 13.1 Å². The molecule has 3 N–H and O–H groups in total. The molecular formula is C12H24N2O. The maximum absolute atomic E-state index is 11.6. The van der Waals surface area contributed by atoms with Gasteiger partial charge in [-0.2, -0.15) is 0 Å². The number of amides is 1. The van der Waals surface area contributed by atoms with E-state index in [1.54, 1.807) is 0 Å². The van der Waals surface area contributed by atoms with Gasteiger partial charge in [-0.05, 0) is 36.6 Å². The molecule has 0 unspecified atom stereocenters. The lowest BCUT2D eigenvalue weighted by molar-refractivity contribution is -0.123. The normalized spacial score (nSPS) is 18.7. The monoisotopic (exact) mass is 212 g/mol. The smallest absolute Gasteiger partial charge is 0.220 e. The lowest BCUT2D eigenvalue weighted by atomic mass is 9.92. The summed E-state index contributed by atoms with van der Waals surface area (Å²) in [6.07, 6.45) is 4.09. The van der Waals surface area contributed by atoms with Crippen LogP contribution in [0.4, 0.5) is 0 Å². The first-order valence-corrected chi connectivity index (χ1v) is 5.84. The van der Waals surface area contributed by atoms with E-state index in [-0.39, 0.29) is 11.3 Å². The Morgan fingerprint density at radius 1 is 1.40 bits per heavy atom. The summed E-state index contributed by atoms with van der Waals surface area (Å²) in [7, 11) is 0. The van der Waals surface area contributed by atoms with Crippen LogP contribution in [0.25, 0.3) is 0 Å². The van der Waals surface area contributed by atoms with Crippen LogP contribution >= 0.6 is 0 Å². The van der Waals surface area contributed by atoms with Gasteiger partial charge in [0.15, 0.2) is 0 Å². The van der Waals surface area contributed by atoms with Gasteiger partial charge in [0.1, 0.15) is 0 Å². The summed E-state index contributed by atoms with van der Waals surface area (Å²) in [6, 6.07) is 0. The SMILES string of the molecule is CC(C)(C)CC(=O)NCC1(CCN)CC1. The number of nitrogens with one attached hydrogen (secondary N) is 1. The Labute approximate surface area is 92.8 Å². The third-order valence-corrected chi connectivity index (χ3v) is 2.98. The highest BCUT2D eigenvalue weighted by atomic mass is 16.1. The van der Waals surface area contributed by atoms with Gasteiger partial charge in [-0.15, -0.1) is 0 Å². The molecule has 0 heterocycles. The number of hydrogen-bond donors (Lipinski definition) is 2. The largest absolute Gasteiger partial charge is 0.356 e. The van der Waals surface area contributed by atoms with Crippen LogP contribution in [0.1, 0.15) is 46.5 Å². The van der Waals surface area contributed by atoms with Crippen LogP contribution in [0.5, 0.6) is 0 Å². The van der Waals surface area contributed by atoms with Gasteiger partial charge in [0.05, 0.1) is 0 Å². The second kappa shape index (κ2) is 4.52. The Morgan fingerprint density at radius 2 is 2.00 bits per heavy atom. The molecule has 0 aromatic rings. The van der Waals surface area contributed by atoms with Crippen molar-refractivity contribution in [3.8, 4) is 0 Å². The number of carbonyl (C=O) groups is 1. The molecule has 0 radical (unpaired) electrons. The van der Waals surface area contributed by atoms with Crippen LogP contribution in [0, 0.1) is 10.8 Å². The molecule has 0 bridgehead atoms. The second-order valence-corrected chi connectivity index (χ2v) is 6.05. The Balaban J connectivity index is 2.23. The maximum atomic E-state index is 11.6. The number of rotatable bonds is 5. The van der Waals surface area contributed by atoms with Crippen molar-refractivity contribution in [2.45, 2.75) is 46.5 Å². The molecule has 0 aliphatic heterocycles. The first-order chi connectivity index (χ1) is 6.87. The minimum absolute atomic E-state index is 0.0780. The van der Waals surface area contributed by atoms with Crippen LogP contribution in [0.3, 0.4) is 0 Å². The molecule has 0 spiro atoms. The van der Waals surface area contributed by atoms with Crippen LogP contribution in [0.15, 0.2) is 0 Å². The van der Waals surface area contributed by atoms with Gasteiger partial charge in [0, 0.05) is 13.0 Å². The lowest BCUT2D eigenvalue weighted by Crippen LogP contribution is -2.33. The van der Waals surface area contributed by atoms with Crippen molar-refractivity contribution in [1.29, 1.82) is 0 Å². The van der Waals surface area contributed by atoms with Crippen LogP contribution in [-0.2, 0) is 4.79 Å². The topological polar surface area (TPSA) is 55.1 Å². The van der Waals surface area contributed by atoms with E-state index in [0.29, 0.717) is 11.8 Å². The standard InChI is InChI=1S/C12H24N2O/c1-11(2,3)8-10(15)14-9-12(4-5-12)6-7-13/h4-9,13H2,1-3H3,(H,14,15). The van der Waals surface area contributed by atoms with Crippen LogP contribution in [0.2, 0.25) is 0 Å². The molecule has 15 heavy (non-hydrogen) atoms. The quantitative estimate of drug-likeness (QED) is 0.728. The maximum Gasteiger partial charge on any atom is 0.220 e. The predicted octanol–water partition coefficient (Wildman–Crippen LogP) is 1.67. The molecule has 3 nitrogen and oxygen atoms in total. The molecule has 88 valence electrons. The Bertz CT molecular complexity index is 226. The van der Waals surface area contributed by atoms with Crippen molar-refractivity contribution in [2.24, 2.45) is 16.6 Å². The molecule has 1 aliphatic rings. The summed E-state index contributed by atoms with van der Waals surface area (Å²) in [6.45, 7) is 7.80. The molecule has 1 aliphatic carbocycles. The molecule has 0 aromatic carbocycles. The van der Waals surface area contributed by atoms with E-state index >= 15 is 0 Å². The third kappa shape index (κ3) is 4.65. The summed E-state index contributed by atoms with van der Waals surface area (Å²) in [5.41, 5.74) is 5.98. The first-order valence-electron chi connectivity index (χ1n) is 5.84. The van der Waals surface area contributed by atoms with E-state index in [1.165, 1.54) is 12.8 Å². The molecule has 3 heteroatoms. The third-order valence-electron chi connectivity index (χ3n) is 2.98. The average Bonchev–Trinajstić information content (AvgIpc) is 2.80. The summed E-state index contributed by atoms with van der Waals surface area (Å²) in [4.78, 5) is 11.6. The van der Waals surface area contributed by atoms with E-state index < -0.39 is 0 Å². The molecule has 1 saturated carbocycles. The molecular weight excluding hydrogens is 188 g/mol. The zero-order chi connectivity index (χ0) is 11.5. The average molecular weight is 212 g/mol. The fourth-order valence-corrected chi connectivity index (χ4v) is 1.83. The fraction of sp³-hybridized carbons (Fsp3) is 0.917. The van der Waals surface area contributed by atoms with Gasteiger partial charge in [-0.25, -0.2) is 0 Å². The Kier molecular flexibility index (Phi) is 3.77. The van der Waals surface area contributed by atoms with Gasteiger partial charge in [-0.1, -0.05) is 20.8 Å². The summed E-state index contributed by atoms with van der Waals surface area (Å²) < 4.78 is 0. The van der Waals surface area contributed by atoms with Crippen LogP contribution in [-0.4, -0.2) is 19.0 Å². The Hall–Kier alpha value is -0.570. The zero-order valence-electron chi connectivity index (χ0n) is 10.2. The molecule has 0 saturated heterocycles. The van der Waals surface area contributed by atoms with E-state index in [0.717, 1.165) is 19.5 Å². The Morgan fingerprint density at radius 3 is 2.40 bits per heavy atom. The van der Waals surface area contributed by atoms with Crippen molar-refractivity contribution in [3.63, 3.8) is 0 Å². The highest BCUT2D eigenvalue weighted by molar-refractivity contribution is 5.76. The van der Waals surface area contributed by atoms with Gasteiger partial charge in [0.2, 0.25) is 5.91 Å². The molecule has 0 aromatic heterocycles. The zero-order valence-corrected chi connectivity index (χ0v) is 10.2. The van der Waals surface area contributed by atoms with E-state index in [4.69, 9.17) is 5.73 Å². The minimum Gasteiger partial charge on any atom is -0.356 e. The molecule has 1 amide bonds. The van der Waals surface area contributed by atoms with E-state index in [2.05, 4.69) is 26.1 Å². The van der Waals surface area contributed by atoms with Crippen molar-refractivity contribution >= 4 is 5.91 Å². The second-order valence-electron chi connectivity index (χ2n) is 6.05. The summed E-state index contributed by atoms with van der Waals surface area (Å²) >= 11 is 0. The highest BCUT2D eigenvalue weighted by Gasteiger charge is 2.41.